The van der Waals surface area contributed by atoms with Gasteiger partial charge >= 0.3 is 0 Å². The summed E-state index contributed by atoms with van der Waals surface area (Å²) in [5.41, 5.74) is 2.18. The molecule has 0 spiro atoms. The number of H-pyrrole nitrogens is 1. The number of sulfonamides is 1. The highest BCUT2D eigenvalue weighted by Crippen LogP contribution is 2.45. The van der Waals surface area contributed by atoms with E-state index >= 15 is 0 Å². The lowest BCUT2D eigenvalue weighted by atomic mass is 9.80. The van der Waals surface area contributed by atoms with Crippen LogP contribution in [0.2, 0.25) is 0 Å². The van der Waals surface area contributed by atoms with E-state index in [2.05, 4.69) is 38.7 Å². The van der Waals surface area contributed by atoms with Crippen molar-refractivity contribution in [1.82, 2.24) is 29.3 Å². The van der Waals surface area contributed by atoms with E-state index in [1.54, 1.807) is 6.20 Å². The molecule has 3 heterocycles. The second kappa shape index (κ2) is 5.26. The number of rotatable bonds is 4. The maximum absolute atomic E-state index is 12.3. The Balaban J connectivity index is 1.55. The second-order valence-electron chi connectivity index (χ2n) is 8.00. The van der Waals surface area contributed by atoms with Gasteiger partial charge in [0.15, 0.2) is 11.3 Å². The molecular formula is C17H22N6O2S. The molecule has 5 rings (SSSR count). The lowest BCUT2D eigenvalue weighted by molar-refractivity contribution is 0.347. The zero-order chi connectivity index (χ0) is 18.1. The number of hydrogen-bond donors (Lipinski definition) is 2. The lowest BCUT2D eigenvalue weighted by Gasteiger charge is -2.27. The van der Waals surface area contributed by atoms with Gasteiger partial charge in [-0.05, 0) is 37.7 Å². The van der Waals surface area contributed by atoms with Gasteiger partial charge in [0, 0.05) is 17.7 Å². The molecule has 2 N–H and O–H groups in total. The molecular weight excluding hydrogens is 352 g/mol. The number of fused-ring (bicyclic) bond motifs is 3. The summed E-state index contributed by atoms with van der Waals surface area (Å²) >= 11 is 0. The topological polar surface area (TPSA) is 105 Å². The Morgan fingerprint density at radius 1 is 1.35 bits per heavy atom. The average molecular weight is 374 g/mol. The van der Waals surface area contributed by atoms with Crippen molar-refractivity contribution in [1.29, 1.82) is 0 Å². The van der Waals surface area contributed by atoms with Crippen molar-refractivity contribution in [2.75, 3.05) is 0 Å². The fourth-order valence-corrected chi connectivity index (χ4v) is 5.93. The maximum Gasteiger partial charge on any atom is 0.214 e. The molecule has 0 radical (unpaired) electrons. The monoisotopic (exact) mass is 374 g/mol. The Bertz CT molecular complexity index is 1100. The summed E-state index contributed by atoms with van der Waals surface area (Å²) in [6, 6.07) is 1.91. The molecule has 0 saturated heterocycles. The average Bonchev–Trinajstić information content (AvgIpc) is 3.08. The number of aromatic nitrogens is 5. The number of nitrogens with one attached hydrogen (secondary N) is 2. The lowest BCUT2D eigenvalue weighted by Crippen LogP contribution is -2.36. The van der Waals surface area contributed by atoms with Crippen molar-refractivity contribution in [3.05, 3.63) is 24.3 Å². The first-order valence-corrected chi connectivity index (χ1v) is 10.6. The highest BCUT2D eigenvalue weighted by Gasteiger charge is 2.48. The van der Waals surface area contributed by atoms with Crippen LogP contribution in [0.25, 0.3) is 16.8 Å². The van der Waals surface area contributed by atoms with Crippen molar-refractivity contribution < 1.29 is 8.42 Å². The van der Waals surface area contributed by atoms with Gasteiger partial charge in [-0.3, -0.25) is 4.40 Å². The van der Waals surface area contributed by atoms with Crippen molar-refractivity contribution in [3.63, 3.8) is 0 Å². The first-order chi connectivity index (χ1) is 12.4. The van der Waals surface area contributed by atoms with E-state index in [0.717, 1.165) is 42.7 Å². The number of hydrogen-bond acceptors (Lipinski definition) is 5. The Morgan fingerprint density at radius 3 is 2.92 bits per heavy atom. The van der Waals surface area contributed by atoms with E-state index in [1.807, 2.05) is 16.7 Å². The molecule has 3 aromatic heterocycles. The van der Waals surface area contributed by atoms with Crippen LogP contribution in [-0.4, -0.2) is 44.3 Å². The van der Waals surface area contributed by atoms with E-state index in [9.17, 15) is 8.42 Å². The smallest absolute Gasteiger partial charge is 0.214 e. The third-order valence-electron chi connectivity index (χ3n) is 6.14. The van der Waals surface area contributed by atoms with Crippen LogP contribution in [0, 0.1) is 5.92 Å². The van der Waals surface area contributed by atoms with E-state index in [1.165, 1.54) is 0 Å². The van der Waals surface area contributed by atoms with Gasteiger partial charge in [-0.2, -0.15) is 0 Å². The van der Waals surface area contributed by atoms with E-state index in [0.29, 0.717) is 5.65 Å². The van der Waals surface area contributed by atoms with E-state index in [4.69, 9.17) is 0 Å². The predicted molar refractivity (Wildman–Crippen MR) is 97.3 cm³/mol. The van der Waals surface area contributed by atoms with Crippen LogP contribution in [-0.2, 0) is 15.4 Å². The van der Waals surface area contributed by atoms with Crippen molar-refractivity contribution in [2.24, 2.45) is 5.92 Å². The molecule has 2 aliphatic rings. The zero-order valence-corrected chi connectivity index (χ0v) is 15.6. The molecule has 2 aliphatic carbocycles. The Hall–Kier alpha value is -2.00. The quantitative estimate of drug-likeness (QED) is 0.724. The summed E-state index contributed by atoms with van der Waals surface area (Å²) in [4.78, 5) is 7.49. The zero-order valence-electron chi connectivity index (χ0n) is 14.8. The summed E-state index contributed by atoms with van der Waals surface area (Å²) < 4.78 is 29.7. The first-order valence-electron chi connectivity index (χ1n) is 9.07. The van der Waals surface area contributed by atoms with Crippen LogP contribution in [0.3, 0.4) is 0 Å². The minimum absolute atomic E-state index is 0.0588. The Kier molecular flexibility index (Phi) is 3.28. The summed E-state index contributed by atoms with van der Waals surface area (Å²) in [6.45, 7) is 4.33. The third kappa shape index (κ3) is 2.30. The van der Waals surface area contributed by atoms with Gasteiger partial charge in [-0.25, -0.2) is 18.1 Å². The molecule has 0 amide bonds. The van der Waals surface area contributed by atoms with Gasteiger partial charge < -0.3 is 4.98 Å². The summed E-state index contributed by atoms with van der Waals surface area (Å²) in [6.07, 6.45) is 6.65. The SMILES string of the molecule is CC1C[C@@H](NS(=O)(=O)C2CC2)C[C@@]1(C)c1nnc2cnc3[nH]ccc3n12. The van der Waals surface area contributed by atoms with E-state index < -0.39 is 10.0 Å². The Morgan fingerprint density at radius 2 is 2.15 bits per heavy atom. The van der Waals surface area contributed by atoms with Crippen LogP contribution in [0.5, 0.6) is 0 Å². The first kappa shape index (κ1) is 16.2. The standard InChI is InChI=1S/C17H22N6O2S/c1-10-7-11(22-26(24,25)12-3-4-12)8-17(10,2)16-21-20-14-9-19-15-13(23(14)16)5-6-18-15/h5-6,9-12,18,22H,3-4,7-8H2,1-2H3/t10?,11-,17-/m1/s1. The molecule has 9 heteroatoms. The molecule has 26 heavy (non-hydrogen) atoms. The van der Waals surface area contributed by atoms with Crippen LogP contribution < -0.4 is 4.72 Å². The van der Waals surface area contributed by atoms with Gasteiger partial charge in [0.2, 0.25) is 10.0 Å². The molecule has 0 bridgehead atoms. The molecule has 8 nitrogen and oxygen atoms in total. The van der Waals surface area contributed by atoms with E-state index in [-0.39, 0.29) is 22.6 Å². The van der Waals surface area contributed by atoms with Gasteiger partial charge in [-0.1, -0.05) is 13.8 Å². The normalized spacial score (nSPS) is 29.8. The molecule has 2 fully saturated rings. The summed E-state index contributed by atoms with van der Waals surface area (Å²) in [5, 5.41) is 8.61. The molecule has 3 atom stereocenters. The van der Waals surface area contributed by atoms with Crippen LogP contribution in [0.15, 0.2) is 18.5 Å². The van der Waals surface area contributed by atoms with Crippen LogP contribution in [0.4, 0.5) is 0 Å². The molecule has 2 saturated carbocycles. The highest BCUT2D eigenvalue weighted by molar-refractivity contribution is 7.90. The minimum Gasteiger partial charge on any atom is -0.345 e. The minimum atomic E-state index is -3.19. The second-order valence-corrected chi connectivity index (χ2v) is 10.00. The van der Waals surface area contributed by atoms with Crippen molar-refractivity contribution >= 4 is 26.8 Å². The summed E-state index contributed by atoms with van der Waals surface area (Å²) in [5.74, 6) is 1.16. The highest BCUT2D eigenvalue weighted by atomic mass is 32.2. The fourth-order valence-electron chi connectivity index (χ4n) is 4.34. The Labute approximate surface area is 151 Å². The number of aromatic amines is 1. The summed E-state index contributed by atoms with van der Waals surface area (Å²) in [7, 11) is -3.19. The molecule has 138 valence electrons. The fraction of sp³-hybridized carbons (Fsp3) is 0.588. The third-order valence-corrected chi connectivity index (χ3v) is 8.15. The predicted octanol–water partition coefficient (Wildman–Crippen LogP) is 1.74. The molecule has 0 aromatic carbocycles. The largest absolute Gasteiger partial charge is 0.345 e. The number of nitrogens with zero attached hydrogens (tertiary/aromatic N) is 4. The van der Waals surface area contributed by atoms with Gasteiger partial charge in [-0.15, -0.1) is 10.2 Å². The molecule has 3 aromatic rings. The van der Waals surface area contributed by atoms with Gasteiger partial charge in [0.1, 0.15) is 5.82 Å². The van der Waals surface area contributed by atoms with Gasteiger partial charge in [0.25, 0.3) is 0 Å². The van der Waals surface area contributed by atoms with Crippen LogP contribution >= 0.6 is 0 Å². The van der Waals surface area contributed by atoms with Crippen molar-refractivity contribution in [2.45, 2.75) is 56.2 Å². The van der Waals surface area contributed by atoms with Crippen molar-refractivity contribution in [3.8, 4) is 0 Å². The molecule has 1 unspecified atom stereocenters. The van der Waals surface area contributed by atoms with Gasteiger partial charge in [0.05, 0.1) is 17.0 Å². The molecule has 0 aliphatic heterocycles. The maximum atomic E-state index is 12.3. The van der Waals surface area contributed by atoms with Crippen LogP contribution in [0.1, 0.15) is 45.4 Å².